The van der Waals surface area contributed by atoms with E-state index < -0.39 is 0 Å². The van der Waals surface area contributed by atoms with Crippen LogP contribution in [0.2, 0.25) is 0 Å². The molecule has 2 atom stereocenters. The highest BCUT2D eigenvalue weighted by Gasteiger charge is 2.35. The van der Waals surface area contributed by atoms with Crippen LogP contribution in [0.15, 0.2) is 108 Å². The van der Waals surface area contributed by atoms with Crippen LogP contribution in [-0.4, -0.2) is 6.61 Å². The molecule has 2 unspecified atom stereocenters. The van der Waals surface area contributed by atoms with Crippen LogP contribution in [0.25, 0.3) is 0 Å². The Morgan fingerprint density at radius 3 is 2.74 bits per heavy atom. The van der Waals surface area contributed by atoms with E-state index in [9.17, 15) is 0 Å². The number of fused-ring (bicyclic) bond motifs is 1. The van der Waals surface area contributed by atoms with Gasteiger partial charge in [-0.05, 0) is 49.3 Å². The Bertz CT molecular complexity index is 1300. The molecule has 0 radical (unpaired) electrons. The predicted molar refractivity (Wildman–Crippen MR) is 138 cm³/mol. The molecule has 2 heterocycles. The van der Waals surface area contributed by atoms with Gasteiger partial charge in [0.15, 0.2) is 11.5 Å². The molecule has 0 bridgehead atoms. The van der Waals surface area contributed by atoms with E-state index in [1.54, 1.807) is 0 Å². The van der Waals surface area contributed by atoms with Crippen LogP contribution in [-0.2, 0) is 4.74 Å². The van der Waals surface area contributed by atoms with E-state index in [-0.39, 0.29) is 11.8 Å². The van der Waals surface area contributed by atoms with E-state index in [1.807, 2.05) is 6.07 Å². The molecule has 1 aliphatic carbocycles. The largest absolute Gasteiger partial charge is 0.472 e. The fraction of sp³-hybridized carbons (Fsp3) is 0.226. The topological polar surface area (TPSA) is 21.7 Å². The molecular weight excluding hydrogens is 418 g/mol. The van der Waals surface area contributed by atoms with Gasteiger partial charge >= 0.3 is 0 Å². The SMILES string of the molecule is CC1=C/C(C)C2=C(OC/C=C\1)N(/C1=C/C=C\CC#CC1c1ccccc1)c1ccc(C)cc1O2. The van der Waals surface area contributed by atoms with Crippen molar-refractivity contribution in [1.82, 2.24) is 0 Å². The number of allylic oxidation sites excluding steroid dienone is 7. The molecule has 0 amide bonds. The summed E-state index contributed by atoms with van der Waals surface area (Å²) in [4.78, 5) is 2.22. The highest BCUT2D eigenvalue weighted by atomic mass is 16.5. The standard InChI is InChI=1S/C31H29NO2/c1-22-12-11-19-33-31-30(24(3)20-22)34-29-21-23(2)17-18-28(29)32(31)27-16-10-5-4-9-15-26(27)25-13-7-6-8-14-25/h5-8,10-14,16-18,20-21,24,26H,4,19H2,1-3H3/b10-5-,12-11-,22-20-,27-16+. The number of ether oxygens (including phenoxy) is 2. The summed E-state index contributed by atoms with van der Waals surface area (Å²) in [5.41, 5.74) is 5.51. The van der Waals surface area contributed by atoms with E-state index in [2.05, 4.69) is 116 Å². The molecule has 2 aromatic rings. The van der Waals surface area contributed by atoms with Gasteiger partial charge in [0.2, 0.25) is 5.88 Å². The molecule has 0 N–H and O–H groups in total. The summed E-state index contributed by atoms with van der Waals surface area (Å²) in [6.45, 7) is 6.81. The van der Waals surface area contributed by atoms with E-state index in [1.165, 1.54) is 5.57 Å². The summed E-state index contributed by atoms with van der Waals surface area (Å²) in [5.74, 6) is 9.18. The minimum absolute atomic E-state index is 0.0415. The molecule has 3 nitrogen and oxygen atoms in total. The van der Waals surface area contributed by atoms with Crippen LogP contribution in [0.3, 0.4) is 0 Å². The van der Waals surface area contributed by atoms with Crippen molar-refractivity contribution in [2.45, 2.75) is 33.1 Å². The molecule has 34 heavy (non-hydrogen) atoms. The average Bonchev–Trinajstić information content (AvgIpc) is 2.88. The normalized spacial score (nSPS) is 26.5. The molecule has 2 aromatic carbocycles. The van der Waals surface area contributed by atoms with Crippen molar-refractivity contribution in [2.75, 3.05) is 11.5 Å². The van der Waals surface area contributed by atoms with Gasteiger partial charge in [0.05, 0.1) is 11.6 Å². The number of anilines is 1. The van der Waals surface area contributed by atoms with Crippen molar-refractivity contribution in [3.63, 3.8) is 0 Å². The second kappa shape index (κ2) is 9.53. The quantitative estimate of drug-likeness (QED) is 0.456. The van der Waals surface area contributed by atoms with Gasteiger partial charge in [0.25, 0.3) is 0 Å². The van der Waals surface area contributed by atoms with Gasteiger partial charge in [-0.1, -0.05) is 85.0 Å². The Kier molecular flexibility index (Phi) is 6.14. The molecule has 0 fully saturated rings. The molecule has 0 spiro atoms. The van der Waals surface area contributed by atoms with Crippen LogP contribution in [0.1, 0.15) is 37.3 Å². The molecular formula is C31H29NO2. The van der Waals surface area contributed by atoms with Crippen LogP contribution >= 0.6 is 0 Å². The Labute approximate surface area is 202 Å². The molecule has 3 aliphatic rings. The van der Waals surface area contributed by atoms with Gasteiger partial charge in [-0.25, -0.2) is 0 Å². The lowest BCUT2D eigenvalue weighted by molar-refractivity contribution is 0.202. The summed E-state index contributed by atoms with van der Waals surface area (Å²) >= 11 is 0. The summed E-state index contributed by atoms with van der Waals surface area (Å²) in [6.07, 6.45) is 13.5. The number of rotatable bonds is 2. The smallest absolute Gasteiger partial charge is 0.239 e. The van der Waals surface area contributed by atoms with Crippen molar-refractivity contribution in [2.24, 2.45) is 5.92 Å². The van der Waals surface area contributed by atoms with Crippen LogP contribution in [0.4, 0.5) is 5.69 Å². The zero-order chi connectivity index (χ0) is 23.5. The van der Waals surface area contributed by atoms with Crippen LogP contribution in [0, 0.1) is 24.7 Å². The Balaban J connectivity index is 1.74. The molecule has 170 valence electrons. The third kappa shape index (κ3) is 4.32. The molecule has 3 heteroatoms. The van der Waals surface area contributed by atoms with Gasteiger partial charge < -0.3 is 9.47 Å². The second-order valence-electron chi connectivity index (χ2n) is 8.88. The fourth-order valence-electron chi connectivity index (χ4n) is 4.56. The lowest BCUT2D eigenvalue weighted by Gasteiger charge is -2.38. The van der Waals surface area contributed by atoms with Crippen molar-refractivity contribution in [3.05, 3.63) is 119 Å². The maximum absolute atomic E-state index is 6.55. The van der Waals surface area contributed by atoms with Crippen molar-refractivity contribution in [1.29, 1.82) is 0 Å². The maximum atomic E-state index is 6.55. The molecule has 0 aromatic heterocycles. The van der Waals surface area contributed by atoms with E-state index in [0.29, 0.717) is 6.61 Å². The van der Waals surface area contributed by atoms with E-state index in [4.69, 9.17) is 9.47 Å². The van der Waals surface area contributed by atoms with Crippen molar-refractivity contribution in [3.8, 4) is 17.6 Å². The first-order chi connectivity index (χ1) is 16.6. The van der Waals surface area contributed by atoms with E-state index >= 15 is 0 Å². The van der Waals surface area contributed by atoms with Gasteiger partial charge in [0.1, 0.15) is 6.61 Å². The zero-order valence-corrected chi connectivity index (χ0v) is 19.9. The number of benzene rings is 2. The van der Waals surface area contributed by atoms with Crippen LogP contribution in [0.5, 0.6) is 5.75 Å². The lowest BCUT2D eigenvalue weighted by atomic mass is 9.92. The van der Waals surface area contributed by atoms with E-state index in [0.717, 1.165) is 46.3 Å². The van der Waals surface area contributed by atoms with Gasteiger partial charge in [-0.15, -0.1) is 0 Å². The Morgan fingerprint density at radius 1 is 1.03 bits per heavy atom. The third-order valence-corrected chi connectivity index (χ3v) is 6.17. The number of nitrogens with zero attached hydrogens (tertiary/aromatic N) is 1. The highest BCUT2D eigenvalue weighted by Crippen LogP contribution is 2.45. The summed E-state index contributed by atoms with van der Waals surface area (Å²) < 4.78 is 13.0. The Hall–Kier alpha value is -3.90. The molecule has 5 rings (SSSR count). The highest BCUT2D eigenvalue weighted by molar-refractivity contribution is 5.71. The summed E-state index contributed by atoms with van der Waals surface area (Å²) in [5, 5.41) is 0. The third-order valence-electron chi connectivity index (χ3n) is 6.17. The summed E-state index contributed by atoms with van der Waals surface area (Å²) in [6, 6.07) is 16.8. The van der Waals surface area contributed by atoms with Gasteiger partial charge in [-0.2, -0.15) is 0 Å². The first kappa shape index (κ1) is 21.9. The molecule has 2 aliphatic heterocycles. The monoisotopic (exact) mass is 447 g/mol. The van der Waals surface area contributed by atoms with Gasteiger partial charge in [-0.3, -0.25) is 4.90 Å². The molecule has 0 saturated carbocycles. The number of aryl methyl sites for hydroxylation is 1. The van der Waals surface area contributed by atoms with Gasteiger partial charge in [0, 0.05) is 18.0 Å². The average molecular weight is 448 g/mol. The fourth-order valence-corrected chi connectivity index (χ4v) is 4.56. The minimum Gasteiger partial charge on any atom is -0.472 e. The maximum Gasteiger partial charge on any atom is 0.239 e. The number of hydrogen-bond acceptors (Lipinski definition) is 3. The zero-order valence-electron chi connectivity index (χ0n) is 19.9. The number of hydrogen-bond donors (Lipinski definition) is 0. The first-order valence-corrected chi connectivity index (χ1v) is 11.8. The molecule has 0 saturated heterocycles. The first-order valence-electron chi connectivity index (χ1n) is 11.8. The second-order valence-corrected chi connectivity index (χ2v) is 8.88. The van der Waals surface area contributed by atoms with Crippen molar-refractivity contribution >= 4 is 5.69 Å². The minimum atomic E-state index is -0.105. The Morgan fingerprint density at radius 2 is 1.88 bits per heavy atom. The van der Waals surface area contributed by atoms with Crippen molar-refractivity contribution < 1.29 is 9.47 Å². The van der Waals surface area contributed by atoms with Crippen LogP contribution < -0.4 is 9.64 Å². The lowest BCUT2D eigenvalue weighted by Crippen LogP contribution is -2.33. The predicted octanol–water partition coefficient (Wildman–Crippen LogP) is 7.16. The summed E-state index contributed by atoms with van der Waals surface area (Å²) in [7, 11) is 0.